The summed E-state index contributed by atoms with van der Waals surface area (Å²) in [4.78, 5) is 11.8. The van der Waals surface area contributed by atoms with E-state index in [0.29, 0.717) is 34.4 Å². The second kappa shape index (κ2) is 7.92. The van der Waals surface area contributed by atoms with E-state index in [1.807, 2.05) is 19.1 Å². The predicted molar refractivity (Wildman–Crippen MR) is 120 cm³/mol. The van der Waals surface area contributed by atoms with Crippen LogP contribution in [0.2, 0.25) is 0 Å². The second-order valence-electron chi connectivity index (χ2n) is 7.06. The number of hydrogen-bond acceptors (Lipinski definition) is 5. The highest BCUT2D eigenvalue weighted by Crippen LogP contribution is 2.43. The van der Waals surface area contributed by atoms with Gasteiger partial charge in [-0.05, 0) is 49.4 Å². The third kappa shape index (κ3) is 3.37. The van der Waals surface area contributed by atoms with E-state index in [0.717, 1.165) is 10.9 Å². The number of ether oxygens (including phenoxy) is 2. The molecule has 4 aromatic rings. The molecule has 0 saturated carbocycles. The number of carbonyl (C=O) groups excluding carboxylic acids is 1. The quantitative estimate of drug-likeness (QED) is 0.411. The molecule has 0 atom stereocenters. The van der Waals surface area contributed by atoms with Crippen LogP contribution >= 0.6 is 0 Å². The first-order valence-electron chi connectivity index (χ1n) is 9.55. The summed E-state index contributed by atoms with van der Waals surface area (Å²) in [6.07, 6.45) is 0.671. The Hall–Kier alpha value is -3.58. The summed E-state index contributed by atoms with van der Waals surface area (Å²) >= 11 is 0. The summed E-state index contributed by atoms with van der Waals surface area (Å²) in [5.41, 5.74) is 2.55. The molecule has 7 heteroatoms. The van der Waals surface area contributed by atoms with E-state index in [2.05, 4.69) is 0 Å². The summed E-state index contributed by atoms with van der Waals surface area (Å²) < 4.78 is 39.9. The van der Waals surface area contributed by atoms with Crippen molar-refractivity contribution in [1.29, 1.82) is 0 Å². The van der Waals surface area contributed by atoms with Crippen molar-refractivity contribution in [2.24, 2.45) is 0 Å². The number of fused-ring (bicyclic) bond motifs is 1. The van der Waals surface area contributed by atoms with Gasteiger partial charge in [-0.1, -0.05) is 29.8 Å². The van der Waals surface area contributed by atoms with Crippen molar-refractivity contribution in [2.45, 2.75) is 11.8 Å². The minimum absolute atomic E-state index is 0.152. The summed E-state index contributed by atoms with van der Waals surface area (Å²) in [7, 11) is -1.04. The zero-order chi connectivity index (χ0) is 22.2. The van der Waals surface area contributed by atoms with Gasteiger partial charge in [0.15, 0.2) is 6.29 Å². The van der Waals surface area contributed by atoms with Crippen molar-refractivity contribution in [3.8, 4) is 22.8 Å². The highest BCUT2D eigenvalue weighted by Gasteiger charge is 2.28. The summed E-state index contributed by atoms with van der Waals surface area (Å²) in [5, 5.41) is 0.745. The van der Waals surface area contributed by atoms with E-state index >= 15 is 0 Å². The molecule has 0 aliphatic carbocycles. The number of hydrogen-bond donors (Lipinski definition) is 0. The number of aldehydes is 1. The van der Waals surface area contributed by atoms with Crippen molar-refractivity contribution >= 4 is 27.2 Å². The molecule has 0 spiro atoms. The van der Waals surface area contributed by atoms with E-state index in [9.17, 15) is 13.2 Å². The van der Waals surface area contributed by atoms with Crippen LogP contribution in [0.15, 0.2) is 71.6 Å². The Labute approximate surface area is 180 Å². The maximum atomic E-state index is 13.8. The van der Waals surface area contributed by atoms with Crippen molar-refractivity contribution in [3.63, 3.8) is 0 Å². The molecule has 0 fully saturated rings. The highest BCUT2D eigenvalue weighted by atomic mass is 32.2. The molecule has 0 aliphatic heterocycles. The van der Waals surface area contributed by atoms with Crippen LogP contribution in [-0.2, 0) is 10.0 Å². The van der Waals surface area contributed by atoms with E-state index in [1.54, 1.807) is 54.6 Å². The molecule has 1 heterocycles. The Bertz CT molecular complexity index is 1390. The lowest BCUT2D eigenvalue weighted by Gasteiger charge is -2.18. The molecule has 0 saturated heterocycles. The van der Waals surface area contributed by atoms with Crippen LogP contribution in [0.3, 0.4) is 0 Å². The molecule has 3 aromatic carbocycles. The minimum Gasteiger partial charge on any atom is -0.496 e. The average molecular weight is 436 g/mol. The van der Waals surface area contributed by atoms with Crippen LogP contribution in [0.4, 0.5) is 0 Å². The number of aryl methyl sites for hydroxylation is 1. The normalized spacial score (nSPS) is 11.5. The Morgan fingerprint density at radius 1 is 0.903 bits per heavy atom. The van der Waals surface area contributed by atoms with Gasteiger partial charge < -0.3 is 9.47 Å². The van der Waals surface area contributed by atoms with Gasteiger partial charge in [-0.3, -0.25) is 4.79 Å². The molecule has 0 amide bonds. The van der Waals surface area contributed by atoms with Gasteiger partial charge in [-0.15, -0.1) is 0 Å². The van der Waals surface area contributed by atoms with Crippen molar-refractivity contribution in [3.05, 3.63) is 77.9 Å². The maximum absolute atomic E-state index is 13.8. The van der Waals surface area contributed by atoms with Gasteiger partial charge in [0.2, 0.25) is 0 Å². The summed E-state index contributed by atoms with van der Waals surface area (Å²) in [6, 6.07) is 18.8. The molecule has 6 nitrogen and oxygen atoms in total. The van der Waals surface area contributed by atoms with Crippen molar-refractivity contribution in [2.75, 3.05) is 14.2 Å². The number of carbonyl (C=O) groups is 1. The van der Waals surface area contributed by atoms with E-state index in [1.165, 1.54) is 18.2 Å². The van der Waals surface area contributed by atoms with Crippen molar-refractivity contribution < 1.29 is 22.7 Å². The standard InChI is InChI=1S/C24H21NO5S/c1-16-9-11-20-18(13-16)14-21(25(20)31(27,28)19-7-5-4-6-8-19)23-22(29-2)12-10-17(15-26)24(23)30-3/h4-15H,1-3H3. The first-order chi connectivity index (χ1) is 14.9. The lowest BCUT2D eigenvalue weighted by molar-refractivity contribution is 0.112. The topological polar surface area (TPSA) is 74.6 Å². The number of benzene rings is 3. The van der Waals surface area contributed by atoms with Crippen LogP contribution in [0.5, 0.6) is 11.5 Å². The lowest BCUT2D eigenvalue weighted by atomic mass is 10.0. The number of aromatic nitrogens is 1. The first kappa shape index (κ1) is 20.7. The van der Waals surface area contributed by atoms with Crippen LogP contribution in [-0.4, -0.2) is 32.9 Å². The molecule has 0 unspecified atom stereocenters. The zero-order valence-corrected chi connectivity index (χ0v) is 18.1. The van der Waals surface area contributed by atoms with Gasteiger partial charge in [-0.2, -0.15) is 0 Å². The van der Waals surface area contributed by atoms with Gasteiger partial charge >= 0.3 is 0 Å². The third-order valence-corrected chi connectivity index (χ3v) is 6.89. The van der Waals surface area contributed by atoms with Gasteiger partial charge in [0.25, 0.3) is 10.0 Å². The zero-order valence-electron chi connectivity index (χ0n) is 17.3. The second-order valence-corrected chi connectivity index (χ2v) is 8.84. The molecule has 4 rings (SSSR count). The fourth-order valence-corrected chi connectivity index (χ4v) is 5.29. The largest absolute Gasteiger partial charge is 0.496 e. The molecular weight excluding hydrogens is 414 g/mol. The van der Waals surface area contributed by atoms with Gasteiger partial charge in [-0.25, -0.2) is 12.4 Å². The first-order valence-corrected chi connectivity index (χ1v) is 11.0. The van der Waals surface area contributed by atoms with Crippen LogP contribution in [0.1, 0.15) is 15.9 Å². The van der Waals surface area contributed by atoms with Crippen molar-refractivity contribution in [1.82, 2.24) is 3.97 Å². The lowest BCUT2D eigenvalue weighted by Crippen LogP contribution is -2.14. The Morgan fingerprint density at radius 2 is 1.65 bits per heavy atom. The smallest absolute Gasteiger partial charge is 0.268 e. The van der Waals surface area contributed by atoms with Crippen LogP contribution in [0.25, 0.3) is 22.2 Å². The fourth-order valence-electron chi connectivity index (χ4n) is 3.75. The molecular formula is C24H21NO5S. The molecule has 1 aromatic heterocycles. The number of nitrogens with zero attached hydrogens (tertiary/aromatic N) is 1. The molecule has 0 bridgehead atoms. The summed E-state index contributed by atoms with van der Waals surface area (Å²) in [6.45, 7) is 1.94. The minimum atomic E-state index is -3.97. The van der Waals surface area contributed by atoms with Gasteiger partial charge in [0.05, 0.1) is 41.5 Å². The average Bonchev–Trinajstić information content (AvgIpc) is 3.17. The molecule has 31 heavy (non-hydrogen) atoms. The molecule has 158 valence electrons. The molecule has 0 N–H and O–H groups in total. The van der Waals surface area contributed by atoms with E-state index in [4.69, 9.17) is 9.47 Å². The van der Waals surface area contributed by atoms with Crippen LogP contribution < -0.4 is 9.47 Å². The monoisotopic (exact) mass is 435 g/mol. The van der Waals surface area contributed by atoms with E-state index < -0.39 is 10.0 Å². The third-order valence-electron chi connectivity index (χ3n) is 5.15. The van der Waals surface area contributed by atoms with E-state index in [-0.39, 0.29) is 10.6 Å². The molecule has 0 radical (unpaired) electrons. The number of rotatable bonds is 6. The Balaban J connectivity index is 2.17. The van der Waals surface area contributed by atoms with Crippen LogP contribution in [0, 0.1) is 6.92 Å². The maximum Gasteiger partial charge on any atom is 0.268 e. The Morgan fingerprint density at radius 3 is 2.29 bits per heavy atom. The molecule has 0 aliphatic rings. The Kier molecular flexibility index (Phi) is 5.29. The van der Waals surface area contributed by atoms with Gasteiger partial charge in [0.1, 0.15) is 11.5 Å². The number of methoxy groups -OCH3 is 2. The predicted octanol–water partition coefficient (Wildman–Crippen LogP) is 4.68. The van der Waals surface area contributed by atoms with Gasteiger partial charge in [0, 0.05) is 5.39 Å². The summed E-state index contributed by atoms with van der Waals surface area (Å²) in [5.74, 6) is 0.643. The fraction of sp³-hybridized carbons (Fsp3) is 0.125. The SMILES string of the molecule is COc1ccc(C=O)c(OC)c1-c1cc2cc(C)ccc2n1S(=O)(=O)c1ccccc1. The highest BCUT2D eigenvalue weighted by molar-refractivity contribution is 7.90.